The van der Waals surface area contributed by atoms with Crippen LogP contribution in [0.4, 0.5) is 17.5 Å². The van der Waals surface area contributed by atoms with Gasteiger partial charge in [0.05, 0.1) is 10.7 Å². The van der Waals surface area contributed by atoms with Crippen LogP contribution in [0, 0.1) is 10.1 Å². The molecule has 1 aromatic heterocycles. The minimum atomic E-state index is -3.16. The van der Waals surface area contributed by atoms with E-state index in [9.17, 15) is 18.5 Å². The molecule has 0 saturated heterocycles. The highest BCUT2D eigenvalue weighted by Crippen LogP contribution is 2.24. The summed E-state index contributed by atoms with van der Waals surface area (Å²) in [6, 6.07) is 0. The number of anilines is 2. The number of hydrogen-bond acceptors (Lipinski definition) is 8. The smallest absolute Gasteiger partial charge is 0.329 e. The first kappa shape index (κ1) is 14.1. The first-order chi connectivity index (χ1) is 8.20. The van der Waals surface area contributed by atoms with Crippen LogP contribution in [0.1, 0.15) is 0 Å². The van der Waals surface area contributed by atoms with Crippen molar-refractivity contribution in [2.75, 3.05) is 36.2 Å². The zero-order chi connectivity index (χ0) is 13.9. The van der Waals surface area contributed by atoms with E-state index < -0.39 is 14.8 Å². The van der Waals surface area contributed by atoms with E-state index >= 15 is 0 Å². The summed E-state index contributed by atoms with van der Waals surface area (Å²) in [5, 5.41) is 10.8. The number of nitrogens with two attached hydrogens (primary N) is 1. The summed E-state index contributed by atoms with van der Waals surface area (Å²) >= 11 is 0. The molecule has 0 bridgehead atoms. The lowest BCUT2D eigenvalue weighted by Crippen LogP contribution is -2.26. The molecule has 1 heterocycles. The van der Waals surface area contributed by atoms with E-state index in [2.05, 4.69) is 9.97 Å². The Morgan fingerprint density at radius 3 is 2.67 bits per heavy atom. The molecule has 1 aromatic rings. The van der Waals surface area contributed by atoms with Crippen LogP contribution in [0.5, 0.6) is 0 Å². The molecule has 0 radical (unpaired) electrons. The van der Waals surface area contributed by atoms with Crippen molar-refractivity contribution in [1.82, 2.24) is 9.97 Å². The quantitative estimate of drug-likeness (QED) is 0.559. The van der Waals surface area contributed by atoms with Gasteiger partial charge in [0.2, 0.25) is 11.8 Å². The molecule has 0 atom stereocenters. The topological polar surface area (TPSA) is 132 Å². The average Bonchev–Trinajstić information content (AvgIpc) is 2.24. The molecule has 0 saturated carbocycles. The van der Waals surface area contributed by atoms with Gasteiger partial charge in [-0.1, -0.05) is 0 Å². The molecular formula is C8H13N5O4S. The van der Waals surface area contributed by atoms with Crippen molar-refractivity contribution in [2.45, 2.75) is 0 Å². The molecule has 0 aliphatic heterocycles. The van der Waals surface area contributed by atoms with Crippen molar-refractivity contribution >= 4 is 27.3 Å². The summed E-state index contributed by atoms with van der Waals surface area (Å²) in [5.74, 6) is -0.247. The Kier molecular flexibility index (Phi) is 4.01. The molecule has 0 unspecified atom stereocenters. The van der Waals surface area contributed by atoms with Crippen molar-refractivity contribution in [3.05, 3.63) is 16.3 Å². The van der Waals surface area contributed by atoms with Gasteiger partial charge in [-0.25, -0.2) is 13.4 Å². The largest absolute Gasteiger partial charge is 0.368 e. The van der Waals surface area contributed by atoms with Crippen LogP contribution < -0.4 is 10.6 Å². The molecule has 0 aliphatic rings. The normalized spacial score (nSPS) is 11.2. The second-order valence-corrected chi connectivity index (χ2v) is 6.01. The molecule has 18 heavy (non-hydrogen) atoms. The van der Waals surface area contributed by atoms with Crippen LogP contribution in [-0.4, -0.2) is 48.9 Å². The second kappa shape index (κ2) is 5.12. The zero-order valence-electron chi connectivity index (χ0n) is 9.90. The molecule has 1 rings (SSSR count). The third-order valence-corrected chi connectivity index (χ3v) is 3.05. The van der Waals surface area contributed by atoms with Gasteiger partial charge in [0.1, 0.15) is 16.0 Å². The van der Waals surface area contributed by atoms with Gasteiger partial charge < -0.3 is 10.6 Å². The highest BCUT2D eigenvalue weighted by molar-refractivity contribution is 7.90. The van der Waals surface area contributed by atoms with Gasteiger partial charge in [0.15, 0.2) is 0 Å². The minimum absolute atomic E-state index is 0.00356. The van der Waals surface area contributed by atoms with Gasteiger partial charge in [0, 0.05) is 19.8 Å². The maximum Gasteiger partial charge on any atom is 0.329 e. The molecule has 0 spiro atoms. The standard InChI is InChI=1S/C8H13N5O4S/c1-12(3-4-18(2,16)17)7-6(13(14)15)5-10-8(9)11-7/h5H,3-4H2,1-2H3,(H2,9,10,11). The van der Waals surface area contributed by atoms with Crippen LogP contribution in [0.3, 0.4) is 0 Å². The summed E-state index contributed by atoms with van der Waals surface area (Å²) in [5.41, 5.74) is 5.04. The second-order valence-electron chi connectivity index (χ2n) is 3.75. The first-order valence-corrected chi connectivity index (χ1v) is 6.92. The van der Waals surface area contributed by atoms with E-state index in [-0.39, 0.29) is 29.8 Å². The lowest BCUT2D eigenvalue weighted by atomic mass is 10.4. The maximum absolute atomic E-state index is 11.0. The Morgan fingerprint density at radius 1 is 1.56 bits per heavy atom. The van der Waals surface area contributed by atoms with Crippen LogP contribution in [0.2, 0.25) is 0 Å². The predicted molar refractivity (Wildman–Crippen MR) is 66.1 cm³/mol. The average molecular weight is 275 g/mol. The third-order valence-electron chi connectivity index (χ3n) is 2.12. The Morgan fingerprint density at radius 2 is 2.17 bits per heavy atom. The van der Waals surface area contributed by atoms with Gasteiger partial charge in [-0.2, -0.15) is 4.98 Å². The summed E-state index contributed by atoms with van der Waals surface area (Å²) in [6.07, 6.45) is 2.08. The van der Waals surface area contributed by atoms with Crippen molar-refractivity contribution in [1.29, 1.82) is 0 Å². The number of sulfone groups is 1. The van der Waals surface area contributed by atoms with E-state index in [4.69, 9.17) is 5.73 Å². The van der Waals surface area contributed by atoms with E-state index in [1.54, 1.807) is 0 Å². The van der Waals surface area contributed by atoms with Gasteiger partial charge >= 0.3 is 5.69 Å². The molecule has 2 N–H and O–H groups in total. The van der Waals surface area contributed by atoms with Crippen molar-refractivity contribution < 1.29 is 13.3 Å². The Hall–Kier alpha value is -1.97. The van der Waals surface area contributed by atoms with Crippen LogP contribution in [-0.2, 0) is 9.84 Å². The Bertz CT molecular complexity index is 559. The molecule has 0 amide bonds. The summed E-state index contributed by atoms with van der Waals surface area (Å²) < 4.78 is 22.1. The molecule has 0 fully saturated rings. The SMILES string of the molecule is CN(CCS(C)(=O)=O)c1nc(N)ncc1[N+](=O)[O-]. The maximum atomic E-state index is 11.0. The summed E-state index contributed by atoms with van der Waals surface area (Å²) in [4.78, 5) is 18.8. The fourth-order valence-electron chi connectivity index (χ4n) is 1.20. The molecule has 10 heteroatoms. The van der Waals surface area contributed by atoms with E-state index in [1.807, 2.05) is 0 Å². The van der Waals surface area contributed by atoms with E-state index in [1.165, 1.54) is 11.9 Å². The minimum Gasteiger partial charge on any atom is -0.368 e. The van der Waals surface area contributed by atoms with E-state index in [0.29, 0.717) is 0 Å². The molecule has 0 aliphatic carbocycles. The number of hydrogen-bond donors (Lipinski definition) is 1. The van der Waals surface area contributed by atoms with E-state index in [0.717, 1.165) is 12.5 Å². The van der Waals surface area contributed by atoms with Gasteiger partial charge in [-0.3, -0.25) is 10.1 Å². The van der Waals surface area contributed by atoms with Crippen molar-refractivity contribution in [3.8, 4) is 0 Å². The third kappa shape index (κ3) is 3.80. The summed E-state index contributed by atoms with van der Waals surface area (Å²) in [7, 11) is -1.66. The lowest BCUT2D eigenvalue weighted by Gasteiger charge is -2.17. The van der Waals surface area contributed by atoms with Crippen LogP contribution in [0.15, 0.2) is 6.20 Å². The number of aromatic nitrogens is 2. The Balaban J connectivity index is 3.00. The fourth-order valence-corrected chi connectivity index (χ4v) is 1.80. The van der Waals surface area contributed by atoms with Gasteiger partial charge in [0.25, 0.3) is 0 Å². The molecular weight excluding hydrogens is 262 g/mol. The van der Waals surface area contributed by atoms with Crippen LogP contribution in [0.25, 0.3) is 0 Å². The molecule has 9 nitrogen and oxygen atoms in total. The lowest BCUT2D eigenvalue weighted by molar-refractivity contribution is -0.384. The molecule has 0 aromatic carbocycles. The zero-order valence-corrected chi connectivity index (χ0v) is 10.7. The van der Waals surface area contributed by atoms with Gasteiger partial charge in [-0.15, -0.1) is 0 Å². The number of nitrogen functional groups attached to an aromatic ring is 1. The van der Waals surface area contributed by atoms with Crippen molar-refractivity contribution in [2.24, 2.45) is 0 Å². The van der Waals surface area contributed by atoms with Crippen LogP contribution >= 0.6 is 0 Å². The highest BCUT2D eigenvalue weighted by Gasteiger charge is 2.20. The number of nitro groups is 1. The summed E-state index contributed by atoms with van der Waals surface area (Å²) in [6.45, 7) is 0.0795. The Labute approximate surface area is 104 Å². The number of rotatable bonds is 5. The van der Waals surface area contributed by atoms with Gasteiger partial charge in [-0.05, 0) is 0 Å². The highest BCUT2D eigenvalue weighted by atomic mass is 32.2. The fraction of sp³-hybridized carbons (Fsp3) is 0.500. The number of nitrogens with zero attached hydrogens (tertiary/aromatic N) is 4. The van der Waals surface area contributed by atoms with Crippen molar-refractivity contribution in [3.63, 3.8) is 0 Å². The first-order valence-electron chi connectivity index (χ1n) is 4.86. The predicted octanol–water partition coefficient (Wildman–Crippen LogP) is -0.552. The monoisotopic (exact) mass is 275 g/mol. The molecule has 100 valence electrons.